The molecule has 4 rings (SSSR count). The summed E-state index contributed by atoms with van der Waals surface area (Å²) >= 11 is 0. The van der Waals surface area contributed by atoms with Gasteiger partial charge < -0.3 is 20.1 Å². The number of likely N-dealkylation sites (tertiary alicyclic amines) is 1. The molecule has 10 heteroatoms. The van der Waals surface area contributed by atoms with Crippen molar-refractivity contribution in [3.05, 3.63) is 65.2 Å². The number of ether oxygens (including phenoxy) is 1. The number of aromatic nitrogens is 4. The minimum atomic E-state index is -0.881. The van der Waals surface area contributed by atoms with Crippen molar-refractivity contribution < 1.29 is 19.4 Å². The van der Waals surface area contributed by atoms with Crippen LogP contribution in [0.15, 0.2) is 42.9 Å². The zero-order chi connectivity index (χ0) is 24.8. The van der Waals surface area contributed by atoms with Gasteiger partial charge >= 0.3 is 12.1 Å². The van der Waals surface area contributed by atoms with E-state index in [0.717, 1.165) is 22.4 Å². The highest BCUT2D eigenvalue weighted by Crippen LogP contribution is 2.24. The molecule has 3 heterocycles. The van der Waals surface area contributed by atoms with E-state index in [1.807, 2.05) is 42.1 Å². The molecule has 1 amide bonds. The summed E-state index contributed by atoms with van der Waals surface area (Å²) in [6, 6.07) is 7.58. The Kier molecular flexibility index (Phi) is 7.26. The molecular formula is C25H26N6O4. The fraction of sp³-hybridized carbons (Fsp3) is 0.320. The molecule has 2 N–H and O–H groups in total. The SMILES string of the molecule is COC(=O)Cc1ccccc1C#Cc1nc(Nc2cnn(C3CCN(C(=O)O)CC3)c2)ncc1C. The quantitative estimate of drug-likeness (QED) is 0.427. The molecular weight excluding hydrogens is 448 g/mol. The van der Waals surface area contributed by atoms with Crippen molar-refractivity contribution in [1.82, 2.24) is 24.6 Å². The molecule has 0 atom stereocenters. The molecule has 0 radical (unpaired) electrons. The average Bonchev–Trinajstić information content (AvgIpc) is 3.33. The first kappa shape index (κ1) is 23.8. The van der Waals surface area contributed by atoms with E-state index >= 15 is 0 Å². The van der Waals surface area contributed by atoms with Gasteiger partial charge in [-0.2, -0.15) is 5.10 Å². The molecule has 180 valence electrons. The number of nitrogens with zero attached hydrogens (tertiary/aromatic N) is 5. The fourth-order valence-electron chi connectivity index (χ4n) is 3.83. The van der Waals surface area contributed by atoms with Crippen LogP contribution in [0.3, 0.4) is 0 Å². The van der Waals surface area contributed by atoms with Gasteiger partial charge in [-0.3, -0.25) is 9.48 Å². The normalized spacial score (nSPS) is 13.6. The second-order valence-corrected chi connectivity index (χ2v) is 8.22. The van der Waals surface area contributed by atoms with Gasteiger partial charge in [-0.05, 0) is 37.3 Å². The number of rotatable bonds is 5. The van der Waals surface area contributed by atoms with Crippen molar-refractivity contribution in [2.45, 2.75) is 32.2 Å². The van der Waals surface area contributed by atoms with Crippen LogP contribution >= 0.6 is 0 Å². The second kappa shape index (κ2) is 10.7. The van der Waals surface area contributed by atoms with Crippen molar-refractivity contribution in [2.24, 2.45) is 0 Å². The number of hydrogen-bond acceptors (Lipinski definition) is 7. The van der Waals surface area contributed by atoms with Gasteiger partial charge in [0.1, 0.15) is 5.69 Å². The van der Waals surface area contributed by atoms with E-state index in [2.05, 4.69) is 32.2 Å². The minimum Gasteiger partial charge on any atom is -0.469 e. The Morgan fingerprint density at radius 2 is 1.97 bits per heavy atom. The molecule has 0 unspecified atom stereocenters. The van der Waals surface area contributed by atoms with E-state index < -0.39 is 6.09 Å². The van der Waals surface area contributed by atoms with Crippen LogP contribution in [0, 0.1) is 18.8 Å². The van der Waals surface area contributed by atoms with Crippen molar-refractivity contribution in [3.63, 3.8) is 0 Å². The Labute approximate surface area is 203 Å². The first-order chi connectivity index (χ1) is 16.9. The fourth-order valence-corrected chi connectivity index (χ4v) is 3.83. The highest BCUT2D eigenvalue weighted by molar-refractivity contribution is 5.73. The number of carbonyl (C=O) groups excluding carboxylic acids is 1. The Bertz CT molecular complexity index is 1280. The third kappa shape index (κ3) is 5.95. The highest BCUT2D eigenvalue weighted by atomic mass is 16.5. The van der Waals surface area contributed by atoms with Gasteiger partial charge in [0.2, 0.25) is 5.95 Å². The number of anilines is 2. The summed E-state index contributed by atoms with van der Waals surface area (Å²) in [5.74, 6) is 6.27. The lowest BCUT2D eigenvalue weighted by Crippen LogP contribution is -2.38. The van der Waals surface area contributed by atoms with Crippen LogP contribution in [-0.2, 0) is 16.0 Å². The maximum Gasteiger partial charge on any atom is 0.407 e. The maximum absolute atomic E-state index is 11.7. The van der Waals surface area contributed by atoms with E-state index in [9.17, 15) is 9.59 Å². The minimum absolute atomic E-state index is 0.145. The molecule has 0 bridgehead atoms. The van der Waals surface area contributed by atoms with Gasteiger partial charge in [0, 0.05) is 36.6 Å². The second-order valence-electron chi connectivity index (χ2n) is 8.22. The number of piperidine rings is 1. The summed E-state index contributed by atoms with van der Waals surface area (Å²) in [6.45, 7) is 2.87. The lowest BCUT2D eigenvalue weighted by Gasteiger charge is -2.29. The predicted octanol–water partition coefficient (Wildman–Crippen LogP) is 3.16. The number of carboxylic acid groups (broad SMARTS) is 1. The summed E-state index contributed by atoms with van der Waals surface area (Å²) in [4.78, 5) is 33.1. The Balaban J connectivity index is 1.47. The van der Waals surface area contributed by atoms with Crippen molar-refractivity contribution >= 4 is 23.7 Å². The number of hydrogen-bond donors (Lipinski definition) is 2. The van der Waals surface area contributed by atoms with Crippen LogP contribution < -0.4 is 5.32 Å². The van der Waals surface area contributed by atoms with Crippen molar-refractivity contribution in [3.8, 4) is 11.8 Å². The number of benzene rings is 1. The van der Waals surface area contributed by atoms with Gasteiger partial charge in [-0.25, -0.2) is 14.8 Å². The van der Waals surface area contributed by atoms with Gasteiger partial charge in [0.15, 0.2) is 0 Å². The summed E-state index contributed by atoms with van der Waals surface area (Å²) in [5.41, 5.74) is 3.66. The smallest absolute Gasteiger partial charge is 0.407 e. The topological polar surface area (TPSA) is 122 Å². The van der Waals surface area contributed by atoms with Gasteiger partial charge in [-0.1, -0.05) is 24.1 Å². The van der Waals surface area contributed by atoms with Crippen LogP contribution in [0.4, 0.5) is 16.4 Å². The van der Waals surface area contributed by atoms with Gasteiger partial charge in [0.05, 0.1) is 31.5 Å². The van der Waals surface area contributed by atoms with E-state index in [1.54, 1.807) is 12.4 Å². The molecule has 10 nitrogen and oxygen atoms in total. The van der Waals surface area contributed by atoms with E-state index in [4.69, 9.17) is 9.84 Å². The molecule has 3 aromatic rings. The Hall–Kier alpha value is -4.39. The lowest BCUT2D eigenvalue weighted by atomic mass is 10.0. The summed E-state index contributed by atoms with van der Waals surface area (Å²) < 4.78 is 6.63. The monoisotopic (exact) mass is 474 g/mol. The number of aryl methyl sites for hydroxylation is 1. The molecule has 0 spiro atoms. The first-order valence-electron chi connectivity index (χ1n) is 11.2. The molecule has 1 aliphatic heterocycles. The third-order valence-electron chi connectivity index (χ3n) is 5.83. The van der Waals surface area contributed by atoms with E-state index in [-0.39, 0.29) is 18.4 Å². The van der Waals surface area contributed by atoms with Crippen molar-refractivity contribution in [1.29, 1.82) is 0 Å². The summed E-state index contributed by atoms with van der Waals surface area (Å²) in [7, 11) is 1.36. The zero-order valence-corrected chi connectivity index (χ0v) is 19.6. The third-order valence-corrected chi connectivity index (χ3v) is 5.83. The van der Waals surface area contributed by atoms with Gasteiger partial charge in [0.25, 0.3) is 0 Å². The first-order valence-corrected chi connectivity index (χ1v) is 11.2. The zero-order valence-electron chi connectivity index (χ0n) is 19.6. The van der Waals surface area contributed by atoms with E-state index in [0.29, 0.717) is 37.6 Å². The van der Waals surface area contributed by atoms with Crippen LogP contribution in [0.1, 0.15) is 41.3 Å². The molecule has 0 saturated carbocycles. The van der Waals surface area contributed by atoms with Crippen LogP contribution in [0.5, 0.6) is 0 Å². The molecule has 1 fully saturated rings. The number of methoxy groups -OCH3 is 1. The average molecular weight is 475 g/mol. The van der Waals surface area contributed by atoms with E-state index in [1.165, 1.54) is 12.0 Å². The molecule has 2 aromatic heterocycles. The van der Waals surface area contributed by atoms with Crippen molar-refractivity contribution in [2.75, 3.05) is 25.5 Å². The lowest BCUT2D eigenvalue weighted by molar-refractivity contribution is -0.139. The molecule has 1 saturated heterocycles. The molecule has 1 aliphatic rings. The summed E-state index contributed by atoms with van der Waals surface area (Å²) in [6.07, 6.45) is 5.97. The maximum atomic E-state index is 11.7. The highest BCUT2D eigenvalue weighted by Gasteiger charge is 2.24. The standard InChI is InChI=1S/C25H26N6O4/c1-17-14-26-24(28-20-15-27-31(16-20)21-9-11-30(12-10-21)25(33)34)29-22(17)8-7-18-5-3-4-6-19(18)13-23(32)35-2/h3-6,14-16,21H,9-13H2,1-2H3,(H,33,34)(H,26,28,29). The molecule has 35 heavy (non-hydrogen) atoms. The van der Waals surface area contributed by atoms with Crippen LogP contribution in [0.25, 0.3) is 0 Å². The van der Waals surface area contributed by atoms with Gasteiger partial charge in [-0.15, -0.1) is 0 Å². The van der Waals surface area contributed by atoms with Crippen LogP contribution in [0.2, 0.25) is 0 Å². The number of esters is 1. The number of carbonyl (C=O) groups is 2. The Morgan fingerprint density at radius 1 is 1.20 bits per heavy atom. The number of amides is 1. The largest absolute Gasteiger partial charge is 0.469 e. The summed E-state index contributed by atoms with van der Waals surface area (Å²) in [5, 5.41) is 16.7. The Morgan fingerprint density at radius 3 is 2.71 bits per heavy atom. The molecule has 1 aromatic carbocycles. The predicted molar refractivity (Wildman–Crippen MR) is 128 cm³/mol. The number of nitrogens with one attached hydrogen (secondary N) is 1. The molecule has 0 aliphatic carbocycles. The van der Waals surface area contributed by atoms with Crippen LogP contribution in [-0.4, -0.2) is 62.0 Å².